The molecule has 3 nitrogen and oxygen atoms in total. The first-order valence-electron chi connectivity index (χ1n) is 6.83. The van der Waals surface area contributed by atoms with Crippen LogP contribution in [0.25, 0.3) is 0 Å². The van der Waals surface area contributed by atoms with E-state index in [0.717, 1.165) is 12.0 Å². The molecule has 0 heterocycles. The summed E-state index contributed by atoms with van der Waals surface area (Å²) in [5, 5.41) is 0.410. The molecular formula is C16H18ClNO2S. The number of hydrogen-bond donors (Lipinski definition) is 1. The van der Waals surface area contributed by atoms with Gasteiger partial charge in [0.2, 0.25) is 10.0 Å². The number of nitrogens with one attached hydrogen (secondary N) is 1. The number of rotatable bonds is 6. The van der Waals surface area contributed by atoms with Crippen molar-refractivity contribution in [2.24, 2.45) is 0 Å². The first-order valence-corrected chi connectivity index (χ1v) is 8.69. The van der Waals surface area contributed by atoms with Crippen molar-refractivity contribution in [3.63, 3.8) is 0 Å². The molecule has 0 aliphatic rings. The van der Waals surface area contributed by atoms with Gasteiger partial charge in [-0.2, -0.15) is 0 Å². The molecule has 0 aromatic heterocycles. The maximum absolute atomic E-state index is 12.3. The van der Waals surface area contributed by atoms with Crippen molar-refractivity contribution in [3.05, 3.63) is 65.2 Å². The molecule has 0 radical (unpaired) electrons. The summed E-state index contributed by atoms with van der Waals surface area (Å²) in [5.41, 5.74) is 1.13. The second-order valence-electron chi connectivity index (χ2n) is 4.83. The van der Waals surface area contributed by atoms with Gasteiger partial charge in [-0.15, -0.1) is 0 Å². The maximum Gasteiger partial charge on any atom is 0.240 e. The molecule has 0 fully saturated rings. The van der Waals surface area contributed by atoms with Gasteiger partial charge in [0.05, 0.1) is 4.90 Å². The normalized spacial score (nSPS) is 13.0. The summed E-state index contributed by atoms with van der Waals surface area (Å²) in [6.07, 6.45) is 0.863. The summed E-state index contributed by atoms with van der Waals surface area (Å²) in [6, 6.07) is 16.2. The van der Waals surface area contributed by atoms with Gasteiger partial charge in [-0.05, 0) is 36.1 Å². The Morgan fingerprint density at radius 1 is 1.10 bits per heavy atom. The van der Waals surface area contributed by atoms with E-state index in [9.17, 15) is 8.42 Å². The molecule has 2 aromatic carbocycles. The summed E-state index contributed by atoms with van der Waals surface area (Å²) in [5.74, 6) is 0.153. The monoisotopic (exact) mass is 323 g/mol. The highest BCUT2D eigenvalue weighted by Crippen LogP contribution is 2.20. The molecule has 0 spiro atoms. The molecule has 5 heteroatoms. The molecule has 1 N–H and O–H groups in total. The smallest absolute Gasteiger partial charge is 0.211 e. The highest BCUT2D eigenvalue weighted by molar-refractivity contribution is 7.89. The first kappa shape index (κ1) is 16.0. The molecule has 1 atom stereocenters. The van der Waals surface area contributed by atoms with Gasteiger partial charge in [-0.25, -0.2) is 13.1 Å². The summed E-state index contributed by atoms with van der Waals surface area (Å²) in [6.45, 7) is 2.42. The average molecular weight is 324 g/mol. The number of halogens is 1. The van der Waals surface area contributed by atoms with Crippen molar-refractivity contribution in [2.45, 2.75) is 24.2 Å². The van der Waals surface area contributed by atoms with E-state index in [1.165, 1.54) is 12.1 Å². The largest absolute Gasteiger partial charge is 0.240 e. The fourth-order valence-electron chi connectivity index (χ4n) is 2.15. The van der Waals surface area contributed by atoms with Crippen LogP contribution in [0.2, 0.25) is 5.02 Å². The summed E-state index contributed by atoms with van der Waals surface area (Å²) < 4.78 is 27.2. The molecule has 0 aliphatic carbocycles. The van der Waals surface area contributed by atoms with Crippen LogP contribution in [-0.2, 0) is 10.0 Å². The predicted octanol–water partition coefficient (Wildman–Crippen LogP) is 3.81. The van der Waals surface area contributed by atoms with E-state index in [-0.39, 0.29) is 10.8 Å². The molecule has 21 heavy (non-hydrogen) atoms. The van der Waals surface area contributed by atoms with Gasteiger partial charge in [0, 0.05) is 11.6 Å². The highest BCUT2D eigenvalue weighted by Gasteiger charge is 2.17. The minimum atomic E-state index is -3.53. The van der Waals surface area contributed by atoms with Crippen LogP contribution in [0, 0.1) is 0 Å². The maximum atomic E-state index is 12.3. The average Bonchev–Trinajstić information content (AvgIpc) is 2.49. The van der Waals surface area contributed by atoms with Crippen LogP contribution in [0.1, 0.15) is 24.8 Å². The van der Waals surface area contributed by atoms with Crippen molar-refractivity contribution >= 4 is 21.6 Å². The topological polar surface area (TPSA) is 46.2 Å². The van der Waals surface area contributed by atoms with Crippen LogP contribution in [0.3, 0.4) is 0 Å². The molecule has 1 unspecified atom stereocenters. The standard InChI is InChI=1S/C16H18ClNO2S/c1-2-13(14-7-4-3-5-8-14)12-18-21(19,20)16-10-6-9-15(17)11-16/h3-11,13,18H,2,12H2,1H3. The van der Waals surface area contributed by atoms with Gasteiger partial charge in [-0.1, -0.05) is 54.9 Å². The van der Waals surface area contributed by atoms with E-state index in [1.54, 1.807) is 12.1 Å². The van der Waals surface area contributed by atoms with Gasteiger partial charge in [0.15, 0.2) is 0 Å². The third kappa shape index (κ3) is 4.30. The minimum absolute atomic E-state index is 0.153. The van der Waals surface area contributed by atoms with E-state index in [1.807, 2.05) is 37.3 Å². The van der Waals surface area contributed by atoms with E-state index >= 15 is 0 Å². The Labute approximate surface area is 131 Å². The van der Waals surface area contributed by atoms with E-state index in [4.69, 9.17) is 11.6 Å². The van der Waals surface area contributed by atoms with Crippen molar-refractivity contribution < 1.29 is 8.42 Å². The minimum Gasteiger partial charge on any atom is -0.211 e. The second kappa shape index (κ2) is 7.07. The number of hydrogen-bond acceptors (Lipinski definition) is 2. The Hall–Kier alpha value is -1.36. The predicted molar refractivity (Wildman–Crippen MR) is 86.1 cm³/mol. The molecule has 2 aromatic rings. The lowest BCUT2D eigenvalue weighted by Gasteiger charge is -2.16. The molecule has 0 saturated heterocycles. The lowest BCUT2D eigenvalue weighted by atomic mass is 9.97. The van der Waals surface area contributed by atoms with E-state index in [2.05, 4.69) is 4.72 Å². The van der Waals surface area contributed by atoms with Crippen LogP contribution >= 0.6 is 11.6 Å². The first-order chi connectivity index (χ1) is 10.0. The zero-order valence-corrected chi connectivity index (χ0v) is 13.4. The van der Waals surface area contributed by atoms with Crippen LogP contribution in [0.5, 0.6) is 0 Å². The van der Waals surface area contributed by atoms with Crippen molar-refractivity contribution in [1.29, 1.82) is 0 Å². The third-order valence-electron chi connectivity index (χ3n) is 3.39. The van der Waals surface area contributed by atoms with Crippen molar-refractivity contribution in [2.75, 3.05) is 6.54 Å². The summed E-state index contributed by atoms with van der Waals surface area (Å²) in [4.78, 5) is 0.193. The quantitative estimate of drug-likeness (QED) is 0.878. The number of sulfonamides is 1. The fourth-order valence-corrected chi connectivity index (χ4v) is 3.53. The molecule has 112 valence electrons. The Morgan fingerprint density at radius 3 is 2.43 bits per heavy atom. The molecule has 0 bridgehead atoms. The van der Waals surface area contributed by atoms with Crippen molar-refractivity contribution in [1.82, 2.24) is 4.72 Å². The van der Waals surface area contributed by atoms with E-state index in [0.29, 0.717) is 11.6 Å². The molecule has 0 aliphatic heterocycles. The SMILES string of the molecule is CCC(CNS(=O)(=O)c1cccc(Cl)c1)c1ccccc1. The lowest BCUT2D eigenvalue weighted by molar-refractivity contribution is 0.566. The van der Waals surface area contributed by atoms with Crippen LogP contribution in [-0.4, -0.2) is 15.0 Å². The van der Waals surface area contributed by atoms with Crippen LogP contribution < -0.4 is 4.72 Å². The zero-order valence-electron chi connectivity index (χ0n) is 11.8. The Bertz CT molecular complexity index is 686. The fraction of sp³-hybridized carbons (Fsp3) is 0.250. The van der Waals surface area contributed by atoms with Gasteiger partial charge in [-0.3, -0.25) is 0 Å². The Kier molecular flexibility index (Phi) is 5.39. The highest BCUT2D eigenvalue weighted by atomic mass is 35.5. The zero-order chi connectivity index (χ0) is 15.3. The van der Waals surface area contributed by atoms with Gasteiger partial charge in [0.25, 0.3) is 0 Å². The summed E-state index contributed by atoms with van der Waals surface area (Å²) >= 11 is 5.84. The van der Waals surface area contributed by atoms with Gasteiger partial charge in [0.1, 0.15) is 0 Å². The molecular weight excluding hydrogens is 306 g/mol. The Balaban J connectivity index is 2.11. The van der Waals surface area contributed by atoms with Crippen LogP contribution in [0.4, 0.5) is 0 Å². The van der Waals surface area contributed by atoms with E-state index < -0.39 is 10.0 Å². The second-order valence-corrected chi connectivity index (χ2v) is 7.03. The van der Waals surface area contributed by atoms with Gasteiger partial charge < -0.3 is 0 Å². The number of benzene rings is 2. The Morgan fingerprint density at radius 2 is 1.81 bits per heavy atom. The van der Waals surface area contributed by atoms with Crippen LogP contribution in [0.15, 0.2) is 59.5 Å². The lowest BCUT2D eigenvalue weighted by Crippen LogP contribution is -2.28. The van der Waals surface area contributed by atoms with Gasteiger partial charge >= 0.3 is 0 Å². The molecule has 0 saturated carbocycles. The van der Waals surface area contributed by atoms with Crippen molar-refractivity contribution in [3.8, 4) is 0 Å². The molecule has 2 rings (SSSR count). The molecule has 0 amide bonds. The third-order valence-corrected chi connectivity index (χ3v) is 5.05. The summed E-state index contributed by atoms with van der Waals surface area (Å²) in [7, 11) is -3.53.